The maximum Gasteiger partial charge on any atom is 0.116 e. The van der Waals surface area contributed by atoms with Crippen molar-refractivity contribution < 1.29 is 0 Å². The van der Waals surface area contributed by atoms with Crippen molar-refractivity contribution in [3.05, 3.63) is 60.4 Å². The van der Waals surface area contributed by atoms with Crippen LogP contribution in [0, 0.1) is 0 Å². The van der Waals surface area contributed by atoms with Crippen LogP contribution < -0.4 is 5.32 Å². The number of nitrogens with one attached hydrogen (secondary N) is 1. The molecule has 0 radical (unpaired) electrons. The van der Waals surface area contributed by atoms with Crippen LogP contribution in [0.1, 0.15) is 0 Å². The van der Waals surface area contributed by atoms with Gasteiger partial charge in [-0.15, -0.1) is 11.3 Å². The molecule has 0 aliphatic carbocycles. The molecule has 2 heterocycles. The molecule has 2 aromatic heterocycles. The van der Waals surface area contributed by atoms with Gasteiger partial charge in [-0.3, -0.25) is 0 Å². The van der Waals surface area contributed by atoms with E-state index in [1.165, 1.54) is 0 Å². The molecule has 0 unspecified atom stereocenters. The van der Waals surface area contributed by atoms with E-state index >= 15 is 0 Å². The van der Waals surface area contributed by atoms with E-state index in [9.17, 15) is 0 Å². The average molecular weight is 253 g/mol. The third-order valence-electron chi connectivity index (χ3n) is 2.52. The molecule has 0 saturated carbocycles. The number of anilines is 2. The molecule has 1 N–H and O–H groups in total. The molecule has 0 aliphatic rings. The second-order valence-corrected chi connectivity index (χ2v) is 4.70. The fourth-order valence-electron chi connectivity index (χ4n) is 1.71. The molecule has 3 rings (SSSR count). The van der Waals surface area contributed by atoms with Crippen molar-refractivity contribution in [2.45, 2.75) is 0 Å². The van der Waals surface area contributed by atoms with Crippen molar-refractivity contribution >= 4 is 22.7 Å². The number of thiophene rings is 1. The Bertz CT molecular complexity index is 621. The molecule has 0 fully saturated rings. The van der Waals surface area contributed by atoms with Gasteiger partial charge in [0.2, 0.25) is 0 Å². The Morgan fingerprint density at radius 2 is 1.89 bits per heavy atom. The van der Waals surface area contributed by atoms with E-state index in [0.29, 0.717) is 0 Å². The Labute approximate surface area is 109 Å². The molecule has 3 nitrogen and oxygen atoms in total. The summed E-state index contributed by atoms with van der Waals surface area (Å²) in [6.07, 6.45) is 3.38. The first-order chi connectivity index (χ1) is 8.93. The Morgan fingerprint density at radius 3 is 2.67 bits per heavy atom. The van der Waals surface area contributed by atoms with E-state index in [0.717, 1.165) is 21.9 Å². The minimum Gasteiger partial charge on any atom is -0.352 e. The molecule has 0 amide bonds. The summed E-state index contributed by atoms with van der Waals surface area (Å²) >= 11 is 1.67. The normalized spacial score (nSPS) is 10.2. The zero-order valence-electron chi connectivity index (χ0n) is 9.58. The summed E-state index contributed by atoms with van der Waals surface area (Å²) < 4.78 is 0. The van der Waals surface area contributed by atoms with E-state index < -0.39 is 0 Å². The fraction of sp³-hybridized carbons (Fsp3) is 0. The predicted molar refractivity (Wildman–Crippen MR) is 75.1 cm³/mol. The molecule has 0 aliphatic heterocycles. The number of aromatic nitrogens is 2. The molecule has 0 atom stereocenters. The van der Waals surface area contributed by atoms with Crippen LogP contribution in [0.4, 0.5) is 11.4 Å². The van der Waals surface area contributed by atoms with Gasteiger partial charge in [0, 0.05) is 5.69 Å². The third-order valence-corrected chi connectivity index (χ3v) is 3.40. The van der Waals surface area contributed by atoms with Gasteiger partial charge < -0.3 is 5.32 Å². The second kappa shape index (κ2) is 4.98. The highest BCUT2D eigenvalue weighted by Gasteiger charge is 2.07. The summed E-state index contributed by atoms with van der Waals surface area (Å²) in [7, 11) is 0. The van der Waals surface area contributed by atoms with Crippen molar-refractivity contribution in [2.24, 2.45) is 0 Å². The van der Waals surface area contributed by atoms with Crippen LogP contribution in [0.2, 0.25) is 0 Å². The molecule has 1 aromatic carbocycles. The Balaban J connectivity index is 1.98. The van der Waals surface area contributed by atoms with Crippen LogP contribution >= 0.6 is 11.3 Å². The van der Waals surface area contributed by atoms with Crippen molar-refractivity contribution in [1.29, 1.82) is 0 Å². The summed E-state index contributed by atoms with van der Waals surface area (Å²) in [5.74, 6) is 0. The van der Waals surface area contributed by atoms with Gasteiger partial charge in [0.1, 0.15) is 12.0 Å². The fourth-order valence-corrected chi connectivity index (χ4v) is 2.44. The zero-order chi connectivity index (χ0) is 12.2. The summed E-state index contributed by atoms with van der Waals surface area (Å²) in [5.41, 5.74) is 2.89. The molecular weight excluding hydrogens is 242 g/mol. The van der Waals surface area contributed by atoms with Crippen LogP contribution in [-0.4, -0.2) is 9.97 Å². The van der Waals surface area contributed by atoms with Crippen molar-refractivity contribution in [3.8, 4) is 10.6 Å². The first kappa shape index (κ1) is 10.9. The van der Waals surface area contributed by atoms with Gasteiger partial charge in [0.05, 0.1) is 16.8 Å². The molecule has 4 heteroatoms. The lowest BCUT2D eigenvalue weighted by atomic mass is 10.2. The van der Waals surface area contributed by atoms with Crippen LogP contribution in [-0.2, 0) is 0 Å². The number of rotatable bonds is 3. The number of para-hydroxylation sites is 1. The number of hydrogen-bond acceptors (Lipinski definition) is 4. The molecule has 0 bridgehead atoms. The molecule has 3 aromatic rings. The van der Waals surface area contributed by atoms with Crippen LogP contribution in [0.3, 0.4) is 0 Å². The summed E-state index contributed by atoms with van der Waals surface area (Å²) in [5, 5.41) is 5.39. The Hall–Kier alpha value is -2.20. The van der Waals surface area contributed by atoms with Gasteiger partial charge in [-0.2, -0.15) is 0 Å². The lowest BCUT2D eigenvalue weighted by Crippen LogP contribution is -1.95. The minimum atomic E-state index is 0.922. The van der Waals surface area contributed by atoms with E-state index in [-0.39, 0.29) is 0 Å². The average Bonchev–Trinajstić information content (AvgIpc) is 2.94. The summed E-state index contributed by atoms with van der Waals surface area (Å²) in [6, 6.07) is 14.1. The van der Waals surface area contributed by atoms with Crippen LogP contribution in [0.15, 0.2) is 60.4 Å². The highest BCUT2D eigenvalue weighted by molar-refractivity contribution is 7.13. The molecule has 0 spiro atoms. The standard InChI is InChI=1S/C14H11N3S/c1-2-5-11(6-3-1)17-12-9-15-10-16-14(12)13-7-4-8-18-13/h1-10,17H. The SMILES string of the molecule is c1ccc(Nc2cncnc2-c2cccs2)cc1. The number of benzene rings is 1. The first-order valence-electron chi connectivity index (χ1n) is 5.59. The van der Waals surface area contributed by atoms with Crippen molar-refractivity contribution in [2.75, 3.05) is 5.32 Å². The lowest BCUT2D eigenvalue weighted by Gasteiger charge is -2.09. The molecule has 18 heavy (non-hydrogen) atoms. The van der Waals surface area contributed by atoms with E-state index in [1.54, 1.807) is 23.9 Å². The minimum absolute atomic E-state index is 0.922. The Kier molecular flexibility index (Phi) is 3.02. The number of hydrogen-bond donors (Lipinski definition) is 1. The van der Waals surface area contributed by atoms with E-state index in [2.05, 4.69) is 21.4 Å². The zero-order valence-corrected chi connectivity index (χ0v) is 10.4. The highest BCUT2D eigenvalue weighted by atomic mass is 32.1. The molecule has 88 valence electrons. The van der Waals surface area contributed by atoms with Crippen LogP contribution in [0.25, 0.3) is 10.6 Å². The smallest absolute Gasteiger partial charge is 0.116 e. The topological polar surface area (TPSA) is 37.8 Å². The maximum atomic E-state index is 4.35. The predicted octanol–water partition coefficient (Wildman–Crippen LogP) is 3.95. The van der Waals surface area contributed by atoms with E-state index in [4.69, 9.17) is 0 Å². The second-order valence-electron chi connectivity index (χ2n) is 3.75. The lowest BCUT2D eigenvalue weighted by molar-refractivity contribution is 1.18. The number of nitrogens with zero attached hydrogens (tertiary/aromatic N) is 2. The summed E-state index contributed by atoms with van der Waals surface area (Å²) in [4.78, 5) is 9.57. The van der Waals surface area contributed by atoms with Crippen molar-refractivity contribution in [1.82, 2.24) is 9.97 Å². The largest absolute Gasteiger partial charge is 0.352 e. The van der Waals surface area contributed by atoms with Crippen molar-refractivity contribution in [3.63, 3.8) is 0 Å². The molecular formula is C14H11N3S. The highest BCUT2D eigenvalue weighted by Crippen LogP contribution is 2.30. The quantitative estimate of drug-likeness (QED) is 0.768. The molecule has 0 saturated heterocycles. The Morgan fingerprint density at radius 1 is 1.00 bits per heavy atom. The van der Waals surface area contributed by atoms with E-state index in [1.807, 2.05) is 41.8 Å². The monoisotopic (exact) mass is 253 g/mol. The van der Waals surface area contributed by atoms with Gasteiger partial charge in [-0.1, -0.05) is 24.3 Å². The first-order valence-corrected chi connectivity index (χ1v) is 6.47. The van der Waals surface area contributed by atoms with Gasteiger partial charge in [0.25, 0.3) is 0 Å². The maximum absolute atomic E-state index is 4.35. The van der Waals surface area contributed by atoms with Gasteiger partial charge in [-0.25, -0.2) is 9.97 Å². The summed E-state index contributed by atoms with van der Waals surface area (Å²) in [6.45, 7) is 0. The van der Waals surface area contributed by atoms with Gasteiger partial charge in [0.15, 0.2) is 0 Å². The van der Waals surface area contributed by atoms with Crippen LogP contribution in [0.5, 0.6) is 0 Å². The van der Waals surface area contributed by atoms with Gasteiger partial charge in [-0.05, 0) is 23.6 Å². The van der Waals surface area contributed by atoms with Gasteiger partial charge >= 0.3 is 0 Å². The third kappa shape index (κ3) is 2.24.